The van der Waals surface area contributed by atoms with E-state index in [0.717, 1.165) is 22.8 Å². The summed E-state index contributed by atoms with van der Waals surface area (Å²) in [5.74, 6) is -2.03. The highest BCUT2D eigenvalue weighted by Gasteiger charge is 2.49. The second kappa shape index (κ2) is 9.11. The molecule has 2 atom stereocenters. The number of alkyl halides is 3. The average molecular weight is 582 g/mol. The molecule has 4 aliphatic heterocycles. The monoisotopic (exact) mass is 580 g/mol. The standard InChI is InChI=1S/C22H22BrClF4N4O3/c1-11(33)32-10-29-19-15-20(18(28)16(23)17(19)24)35-14(8-30(21(15)32)7-13(26)27)34-9-22-3-2-4-31(22)6-12(25)5-22/h8,12-13H,2-7,9-10H2,1H3/t12-,22+/m1/s1. The van der Waals surface area contributed by atoms with Gasteiger partial charge in [-0.25, -0.2) is 17.6 Å². The minimum Gasteiger partial charge on any atom is -0.462 e. The van der Waals surface area contributed by atoms with Crippen molar-refractivity contribution in [3.8, 4) is 5.75 Å². The molecule has 0 aliphatic carbocycles. The first-order valence-electron chi connectivity index (χ1n) is 11.1. The van der Waals surface area contributed by atoms with Gasteiger partial charge in [0.25, 0.3) is 6.43 Å². The van der Waals surface area contributed by atoms with Crippen LogP contribution in [0.4, 0.5) is 17.6 Å². The molecule has 0 bridgehead atoms. The van der Waals surface area contributed by atoms with Gasteiger partial charge in [0, 0.05) is 19.9 Å². The molecule has 7 nitrogen and oxygen atoms in total. The zero-order valence-corrected chi connectivity index (χ0v) is 21.0. The Labute approximate surface area is 211 Å². The molecule has 4 heterocycles. The van der Waals surface area contributed by atoms with Gasteiger partial charge in [0.2, 0.25) is 5.91 Å². The number of fused-ring (bicyclic) bond motifs is 1. The van der Waals surface area contributed by atoms with Crippen molar-refractivity contribution < 1.29 is 31.8 Å². The summed E-state index contributed by atoms with van der Waals surface area (Å²) >= 11 is 9.41. The van der Waals surface area contributed by atoms with Crippen LogP contribution >= 0.6 is 27.5 Å². The van der Waals surface area contributed by atoms with E-state index >= 15 is 4.39 Å². The fourth-order valence-electron chi connectivity index (χ4n) is 5.29. The number of rotatable bonds is 5. The van der Waals surface area contributed by atoms with E-state index in [1.165, 1.54) is 13.1 Å². The Kier molecular flexibility index (Phi) is 6.41. The minimum atomic E-state index is -2.81. The summed E-state index contributed by atoms with van der Waals surface area (Å²) in [5.41, 5.74) is -0.544. The lowest BCUT2D eigenvalue weighted by Gasteiger charge is -2.32. The molecule has 2 fully saturated rings. The van der Waals surface area contributed by atoms with E-state index in [-0.39, 0.29) is 57.3 Å². The number of hydrogen-bond acceptors (Lipinski definition) is 6. The molecule has 0 aromatic heterocycles. The van der Waals surface area contributed by atoms with Crippen LogP contribution in [0.25, 0.3) is 5.82 Å². The van der Waals surface area contributed by atoms with Gasteiger partial charge in [-0.3, -0.25) is 19.6 Å². The zero-order chi connectivity index (χ0) is 25.1. The van der Waals surface area contributed by atoms with Crippen molar-refractivity contribution in [1.82, 2.24) is 14.7 Å². The topological polar surface area (TPSA) is 57.6 Å². The van der Waals surface area contributed by atoms with Gasteiger partial charge in [-0.2, -0.15) is 0 Å². The lowest BCUT2D eigenvalue weighted by Crippen LogP contribution is -2.48. The highest BCUT2D eigenvalue weighted by atomic mass is 79.9. The fourth-order valence-corrected chi connectivity index (χ4v) is 5.90. The molecule has 0 radical (unpaired) electrons. The van der Waals surface area contributed by atoms with E-state index in [4.69, 9.17) is 21.1 Å². The van der Waals surface area contributed by atoms with Gasteiger partial charge in [-0.1, -0.05) is 11.6 Å². The number of nitrogens with zero attached hydrogens (tertiary/aromatic N) is 4. The number of amides is 1. The normalized spacial score (nSPS) is 25.7. The van der Waals surface area contributed by atoms with Crippen LogP contribution in [-0.2, 0) is 9.53 Å². The molecule has 1 amide bonds. The summed E-state index contributed by atoms with van der Waals surface area (Å²) in [5, 5.41) is -0.00155. The van der Waals surface area contributed by atoms with Crippen LogP contribution in [0.2, 0.25) is 5.02 Å². The largest absolute Gasteiger partial charge is 0.462 e. The van der Waals surface area contributed by atoms with Crippen molar-refractivity contribution in [3.05, 3.63) is 38.0 Å². The molecule has 0 saturated carbocycles. The van der Waals surface area contributed by atoms with E-state index in [0.29, 0.717) is 13.0 Å². The quantitative estimate of drug-likeness (QED) is 0.395. The van der Waals surface area contributed by atoms with Gasteiger partial charge in [-0.15, -0.1) is 0 Å². The van der Waals surface area contributed by atoms with Crippen LogP contribution in [0.5, 0.6) is 5.75 Å². The summed E-state index contributed by atoms with van der Waals surface area (Å²) in [6, 6.07) is 0. The molecule has 4 aliphatic rings. The van der Waals surface area contributed by atoms with Crippen LogP contribution in [0.15, 0.2) is 21.6 Å². The lowest BCUT2D eigenvalue weighted by molar-refractivity contribution is -0.126. The van der Waals surface area contributed by atoms with Crippen molar-refractivity contribution in [3.63, 3.8) is 0 Å². The number of benzene rings is 1. The van der Waals surface area contributed by atoms with Crippen molar-refractivity contribution in [2.75, 3.05) is 32.9 Å². The second-order valence-corrected chi connectivity index (χ2v) is 10.2. The van der Waals surface area contributed by atoms with E-state index in [1.807, 2.05) is 4.90 Å². The Hall–Kier alpha value is -2.05. The molecule has 35 heavy (non-hydrogen) atoms. The second-order valence-electron chi connectivity index (χ2n) is 9.02. The predicted octanol–water partition coefficient (Wildman–Crippen LogP) is 3.10. The summed E-state index contributed by atoms with van der Waals surface area (Å²) in [7, 11) is 0. The molecule has 190 valence electrons. The first-order valence-corrected chi connectivity index (χ1v) is 12.3. The average Bonchev–Trinajstić information content (AvgIpc) is 3.26. The van der Waals surface area contributed by atoms with Crippen molar-refractivity contribution in [2.45, 2.75) is 44.3 Å². The molecule has 5 rings (SSSR count). The third-order valence-corrected chi connectivity index (χ3v) is 8.14. The predicted molar refractivity (Wildman–Crippen MR) is 121 cm³/mol. The van der Waals surface area contributed by atoms with Gasteiger partial charge < -0.3 is 14.4 Å². The number of halogens is 6. The van der Waals surface area contributed by atoms with Crippen LogP contribution in [0.3, 0.4) is 0 Å². The number of carbonyl (C=O) groups is 1. The zero-order valence-electron chi connectivity index (χ0n) is 18.7. The molecule has 2 saturated heterocycles. The molecule has 13 heteroatoms. The van der Waals surface area contributed by atoms with Gasteiger partial charge in [-0.05, 0) is 35.3 Å². The van der Waals surface area contributed by atoms with Crippen molar-refractivity contribution in [1.29, 1.82) is 0 Å². The van der Waals surface area contributed by atoms with Crippen molar-refractivity contribution in [2.24, 2.45) is 4.99 Å². The Morgan fingerprint density at radius 2 is 2.23 bits per heavy atom. The third-order valence-electron chi connectivity index (χ3n) is 6.80. The third kappa shape index (κ3) is 4.17. The first-order chi connectivity index (χ1) is 16.6. The fraction of sp³-hybridized carbons (Fsp3) is 0.545. The maximum Gasteiger partial charge on any atom is 0.302 e. The molecule has 0 spiro atoms. The summed E-state index contributed by atoms with van der Waals surface area (Å²) in [6.45, 7) is 1.30. The van der Waals surface area contributed by atoms with Crippen LogP contribution in [-0.4, -0.2) is 71.7 Å². The van der Waals surface area contributed by atoms with Gasteiger partial charge in [0.15, 0.2) is 11.6 Å². The molecule has 1 aromatic carbocycles. The van der Waals surface area contributed by atoms with E-state index in [1.54, 1.807) is 0 Å². The smallest absolute Gasteiger partial charge is 0.302 e. The minimum absolute atomic E-state index is 0.0296. The Balaban J connectivity index is 1.61. The Morgan fingerprint density at radius 1 is 1.46 bits per heavy atom. The maximum absolute atomic E-state index is 15.4. The first kappa shape index (κ1) is 24.6. The lowest BCUT2D eigenvalue weighted by atomic mass is 9.95. The molecule has 0 unspecified atom stereocenters. The van der Waals surface area contributed by atoms with Gasteiger partial charge >= 0.3 is 5.95 Å². The summed E-state index contributed by atoms with van der Waals surface area (Å²) in [6.07, 6.45) is -0.743. The summed E-state index contributed by atoms with van der Waals surface area (Å²) < 4.78 is 68.5. The van der Waals surface area contributed by atoms with E-state index in [9.17, 15) is 18.0 Å². The van der Waals surface area contributed by atoms with Gasteiger partial charge in [0.05, 0.1) is 38.4 Å². The number of hydrogen-bond donors (Lipinski definition) is 0. The van der Waals surface area contributed by atoms with Gasteiger partial charge in [0.1, 0.15) is 25.3 Å². The van der Waals surface area contributed by atoms with E-state index < -0.39 is 36.4 Å². The Morgan fingerprint density at radius 3 is 2.94 bits per heavy atom. The van der Waals surface area contributed by atoms with Crippen LogP contribution < -0.4 is 15.3 Å². The molecule has 1 aromatic rings. The van der Waals surface area contributed by atoms with E-state index in [2.05, 4.69) is 20.9 Å². The molecular formula is C22H22BrClF4N4O3. The van der Waals surface area contributed by atoms with Crippen molar-refractivity contribution >= 4 is 39.3 Å². The number of ether oxygens (including phenoxy) is 2. The highest BCUT2D eigenvalue weighted by Crippen LogP contribution is 2.41. The van der Waals surface area contributed by atoms with Crippen LogP contribution in [0, 0.1) is 5.82 Å². The SMILES string of the molecule is CC(=O)N1CN=c2c(Cl)c(Br)c(F)c3c2=C1N(CC(F)F)C=C(OC[C@@]12CCCN1C[C@H](F)C2)O3. The Bertz CT molecular complexity index is 1230. The number of carbonyl (C=O) groups excluding carboxylic acids is 1. The maximum atomic E-state index is 15.4. The highest BCUT2D eigenvalue weighted by molar-refractivity contribution is 9.10. The summed E-state index contributed by atoms with van der Waals surface area (Å²) in [4.78, 5) is 20.9. The molecular weight excluding hydrogens is 560 g/mol. The van der Waals surface area contributed by atoms with Crippen LogP contribution in [0.1, 0.15) is 26.2 Å². The molecule has 0 N–H and O–H groups in total.